The van der Waals surface area contributed by atoms with Crippen molar-refractivity contribution in [1.82, 2.24) is 0 Å². The smallest absolute Gasteiger partial charge is 0.384 e. The summed E-state index contributed by atoms with van der Waals surface area (Å²) in [6.07, 6.45) is 1.73. The molecule has 0 aromatic heterocycles. The Morgan fingerprint density at radius 1 is 0.671 bits per heavy atom. The number of phenols is 1. The Morgan fingerprint density at radius 2 is 1.08 bits per heavy atom. The molecule has 79 heavy (non-hydrogen) atoms. The minimum Gasteiger partial charge on any atom is -0.507 e. The lowest BCUT2D eigenvalue weighted by Crippen LogP contribution is -2.24. The molecule has 2 unspecified atom stereocenters. The molecule has 2 aliphatic heterocycles. The van der Waals surface area contributed by atoms with Crippen molar-refractivity contribution in [3.05, 3.63) is 128 Å². The number of cyclic esters (lactones) is 2. The predicted molar refractivity (Wildman–Crippen MR) is 304 cm³/mol. The van der Waals surface area contributed by atoms with Crippen LogP contribution in [0.25, 0.3) is 0 Å². The second-order valence-electron chi connectivity index (χ2n) is 19.8. The highest BCUT2D eigenvalue weighted by molar-refractivity contribution is 7.54. The molecule has 0 radical (unpaired) electrons. The van der Waals surface area contributed by atoms with E-state index in [2.05, 4.69) is 19.6 Å². The lowest BCUT2D eigenvalue weighted by atomic mass is 9.95. The molecule has 0 aliphatic carbocycles. The average Bonchev–Trinajstić information content (AvgIpc) is 4.16. The van der Waals surface area contributed by atoms with E-state index < -0.39 is 59.4 Å². The van der Waals surface area contributed by atoms with Crippen molar-refractivity contribution in [1.29, 1.82) is 0 Å². The van der Waals surface area contributed by atoms with E-state index in [0.29, 0.717) is 80.7 Å². The first-order valence-corrected chi connectivity index (χ1v) is 32.8. The van der Waals surface area contributed by atoms with Gasteiger partial charge in [0.1, 0.15) is 58.8 Å². The molecule has 0 bridgehead atoms. The third-order valence-corrected chi connectivity index (χ3v) is 18.1. The maximum absolute atomic E-state index is 14.0. The molecule has 0 fully saturated rings. The summed E-state index contributed by atoms with van der Waals surface area (Å²) in [6.45, 7) is 21.4. The second kappa shape index (κ2) is 29.2. The highest BCUT2D eigenvalue weighted by atomic mass is 31.2. The van der Waals surface area contributed by atoms with E-state index >= 15 is 0 Å². The van der Waals surface area contributed by atoms with Crippen LogP contribution in [0.1, 0.15) is 103 Å². The van der Waals surface area contributed by atoms with Gasteiger partial charge in [-0.1, -0.05) is 86.8 Å². The molecule has 432 valence electrons. The van der Waals surface area contributed by atoms with Crippen LogP contribution in [0.5, 0.6) is 34.5 Å². The monoisotopic (exact) mass is 1150 g/mol. The molecule has 1 N–H and O–H groups in total. The van der Waals surface area contributed by atoms with Crippen LogP contribution >= 0.6 is 15.2 Å². The predicted octanol–water partition coefficient (Wildman–Crippen LogP) is 12.9. The van der Waals surface area contributed by atoms with Crippen LogP contribution in [-0.2, 0) is 72.8 Å². The average molecular weight is 1150 g/mol. The molecule has 21 heteroatoms. The molecule has 2 heterocycles. The largest absolute Gasteiger partial charge is 0.507 e. The lowest BCUT2D eigenvalue weighted by Gasteiger charge is -2.23. The van der Waals surface area contributed by atoms with Gasteiger partial charge in [0.2, 0.25) is 0 Å². The van der Waals surface area contributed by atoms with Crippen LogP contribution in [0.3, 0.4) is 0 Å². The summed E-state index contributed by atoms with van der Waals surface area (Å²) in [5.74, 6) is -0.246. The number of rotatable bonds is 26. The molecule has 0 spiro atoms. The Morgan fingerprint density at radius 3 is 1.49 bits per heavy atom. The number of methoxy groups -OCH3 is 2. The lowest BCUT2D eigenvalue weighted by molar-refractivity contribution is -0.151. The van der Waals surface area contributed by atoms with E-state index in [1.165, 1.54) is 21.0 Å². The Balaban J connectivity index is 0.000000340. The molecule has 0 saturated heterocycles. The van der Waals surface area contributed by atoms with Gasteiger partial charge < -0.3 is 47.3 Å². The van der Waals surface area contributed by atoms with Gasteiger partial charge in [-0.25, -0.2) is 28.3 Å². The van der Waals surface area contributed by atoms with Gasteiger partial charge in [0.15, 0.2) is 12.2 Å². The number of esters is 4. The fraction of sp³-hybridized carbons (Fsp3) is 0.448. The standard InChI is InChI=1S/C31H43O9PSi.C26H31O9P.CH4/c1-9-36-30(32)23(4)39-41(34,40-24-13-11-10-12-14-24)20-21(2)15-16-25-28(35-5)22(3)26-19-38-31(33)27(26)29(25)37-17-18-42(6,7)8;1-6-32-25(28)18(4)34-36(30,35-19-10-8-7-9-11-19)15-16(2)12-13-20-23(27)22-21(14-33-26(22)29)17(3)24(20)31-5;/h10-15,23H,9,16-20H2,1-8H3;7-12,18,27H,6,13-15H2,1-5H3;1H4/b21-15+;16-12+;/t23-,41?;18-,36?;/m00./s1. The van der Waals surface area contributed by atoms with Crippen LogP contribution in [0, 0.1) is 13.8 Å². The van der Waals surface area contributed by atoms with E-state index in [9.17, 15) is 33.4 Å². The summed E-state index contributed by atoms with van der Waals surface area (Å²) in [7, 11) is -6.04. The van der Waals surface area contributed by atoms with Gasteiger partial charge in [0.05, 0.1) is 46.4 Å². The first-order chi connectivity index (χ1) is 36.9. The quantitative estimate of drug-likeness (QED) is 0.0203. The van der Waals surface area contributed by atoms with Crippen molar-refractivity contribution < 1.29 is 84.7 Å². The van der Waals surface area contributed by atoms with E-state index in [1.807, 2.05) is 26.0 Å². The summed E-state index contributed by atoms with van der Waals surface area (Å²) >= 11 is 0. The highest BCUT2D eigenvalue weighted by Crippen LogP contribution is 2.53. The SMILES string of the molecule is C.CCOC(=O)[C@H](C)OP(=O)(C/C(C)=C/Cc1c(O)c2c(c(C)c1OC)COC2=O)Oc1ccccc1.CCOC(=O)[C@H](C)OP(=O)(C/C(C)=C/Cc1c(OC)c(C)c2c(c1OCC[Si](C)(C)C)C(=O)OC2)Oc1ccccc1. The fourth-order valence-electron chi connectivity index (χ4n) is 8.50. The van der Waals surface area contributed by atoms with Gasteiger partial charge in [0.25, 0.3) is 0 Å². The molecule has 6 rings (SSSR count). The Hall–Kier alpha value is -6.36. The first kappa shape index (κ1) is 65.2. The van der Waals surface area contributed by atoms with Gasteiger partial charge in [-0.2, -0.15) is 0 Å². The maximum Gasteiger partial charge on any atom is 0.384 e. The summed E-state index contributed by atoms with van der Waals surface area (Å²) in [5, 5.41) is 10.8. The summed E-state index contributed by atoms with van der Waals surface area (Å²) in [6, 6.07) is 18.1. The zero-order chi connectivity index (χ0) is 57.5. The Bertz CT molecular complexity index is 2950. The Kier molecular flexibility index (Phi) is 24.1. The van der Waals surface area contributed by atoms with Crippen LogP contribution in [0.2, 0.25) is 25.7 Å². The number of allylic oxidation sites excluding steroid dienone is 4. The number of fused-ring (bicyclic) bond motifs is 2. The summed E-state index contributed by atoms with van der Waals surface area (Å²) in [4.78, 5) is 49.3. The number of carbonyl (C=O) groups excluding carboxylic acids is 4. The number of hydrogen-bond donors (Lipinski definition) is 1. The summed E-state index contributed by atoms with van der Waals surface area (Å²) in [5.41, 5.74) is 5.91. The molecule has 2 aliphatic rings. The van der Waals surface area contributed by atoms with E-state index in [1.54, 1.807) is 95.5 Å². The van der Waals surface area contributed by atoms with E-state index in [4.69, 9.17) is 51.3 Å². The molecule has 0 amide bonds. The highest BCUT2D eigenvalue weighted by Gasteiger charge is 2.37. The van der Waals surface area contributed by atoms with Crippen molar-refractivity contribution in [2.45, 2.75) is 127 Å². The maximum atomic E-state index is 14.0. The molecule has 4 atom stereocenters. The normalized spacial score (nSPS) is 15.2. The zero-order valence-electron chi connectivity index (χ0n) is 46.9. The number of para-hydroxylation sites is 2. The van der Waals surface area contributed by atoms with Crippen molar-refractivity contribution in [3.63, 3.8) is 0 Å². The topological polar surface area (TPSA) is 224 Å². The van der Waals surface area contributed by atoms with Gasteiger partial charge in [-0.05, 0) is 110 Å². The number of carbonyl (C=O) groups is 4. The fourth-order valence-corrected chi connectivity index (χ4v) is 13.1. The van der Waals surface area contributed by atoms with Crippen molar-refractivity contribution in [2.75, 3.05) is 46.4 Å². The minimum absolute atomic E-state index is 0. The number of ether oxygens (including phenoxy) is 7. The molecule has 4 aromatic carbocycles. The molecular formula is C58H78O18P2Si. The summed E-state index contributed by atoms with van der Waals surface area (Å²) < 4.78 is 88.8. The van der Waals surface area contributed by atoms with Crippen molar-refractivity contribution in [3.8, 4) is 34.5 Å². The minimum atomic E-state index is -3.85. The first-order valence-electron chi connectivity index (χ1n) is 25.7. The number of aromatic hydroxyl groups is 1. The molecule has 0 saturated carbocycles. The van der Waals surface area contributed by atoms with Crippen LogP contribution in [0.4, 0.5) is 0 Å². The van der Waals surface area contributed by atoms with Crippen molar-refractivity contribution in [2.24, 2.45) is 0 Å². The third kappa shape index (κ3) is 17.6. The van der Waals surface area contributed by atoms with E-state index in [0.717, 1.165) is 17.2 Å². The Labute approximate surface area is 466 Å². The number of benzene rings is 4. The van der Waals surface area contributed by atoms with Gasteiger partial charge in [-0.3, -0.25) is 9.05 Å². The van der Waals surface area contributed by atoms with Crippen LogP contribution < -0.4 is 23.3 Å². The number of hydrogen-bond acceptors (Lipinski definition) is 18. The second-order valence-corrected chi connectivity index (χ2v) is 29.3. The van der Waals surface area contributed by atoms with Crippen LogP contribution in [-0.4, -0.2) is 95.6 Å². The van der Waals surface area contributed by atoms with Gasteiger partial charge in [-0.15, -0.1) is 0 Å². The number of phenolic OH excluding ortho intramolecular Hbond substituents is 1. The van der Waals surface area contributed by atoms with Gasteiger partial charge in [0, 0.05) is 30.3 Å². The molecule has 4 aromatic rings. The van der Waals surface area contributed by atoms with Crippen LogP contribution in [0.15, 0.2) is 84.0 Å². The third-order valence-electron chi connectivity index (χ3n) is 12.4. The van der Waals surface area contributed by atoms with Crippen molar-refractivity contribution >= 4 is 47.1 Å². The zero-order valence-corrected chi connectivity index (χ0v) is 49.7. The molecule has 18 nitrogen and oxygen atoms in total. The molecular weight excluding hydrogens is 1070 g/mol. The van der Waals surface area contributed by atoms with Gasteiger partial charge >= 0.3 is 39.1 Å². The van der Waals surface area contributed by atoms with E-state index in [-0.39, 0.29) is 63.9 Å².